The molecule has 10 nitrogen and oxygen atoms in total. The topological polar surface area (TPSA) is 117 Å². The summed E-state index contributed by atoms with van der Waals surface area (Å²) in [5, 5.41) is 7.19. The van der Waals surface area contributed by atoms with Gasteiger partial charge in [0.05, 0.1) is 41.9 Å². The van der Waals surface area contributed by atoms with Gasteiger partial charge in [-0.25, -0.2) is 9.78 Å². The van der Waals surface area contributed by atoms with E-state index < -0.39 is 11.7 Å². The van der Waals surface area contributed by atoms with Crippen LogP contribution in [-0.4, -0.2) is 64.0 Å². The number of methoxy groups -OCH3 is 2. The number of rotatable bonds is 6. The van der Waals surface area contributed by atoms with Gasteiger partial charge in [-0.3, -0.25) is 9.36 Å². The second-order valence-corrected chi connectivity index (χ2v) is 11.6. The van der Waals surface area contributed by atoms with Gasteiger partial charge >= 0.3 is 6.09 Å². The molecule has 2 unspecified atom stereocenters. The lowest BCUT2D eigenvalue weighted by molar-refractivity contribution is 0.0507. The number of pyridine rings is 1. The summed E-state index contributed by atoms with van der Waals surface area (Å²) in [5.41, 5.74) is 0.0234. The molecular formula is C25H29Cl2N5O5S. The summed E-state index contributed by atoms with van der Waals surface area (Å²) >= 11 is 14.8. The summed E-state index contributed by atoms with van der Waals surface area (Å²) in [5.74, 6) is 2.45. The summed E-state index contributed by atoms with van der Waals surface area (Å²) < 4.78 is 17.5. The minimum absolute atomic E-state index is 0.122. The van der Waals surface area contributed by atoms with Crippen LogP contribution in [0.3, 0.4) is 0 Å². The van der Waals surface area contributed by atoms with Gasteiger partial charge in [-0.05, 0) is 26.8 Å². The number of ether oxygens (including phenoxy) is 3. The van der Waals surface area contributed by atoms with Crippen LogP contribution in [0.4, 0.5) is 10.7 Å². The molecule has 0 radical (unpaired) electrons. The average Bonchev–Trinajstić information content (AvgIpc) is 3.27. The van der Waals surface area contributed by atoms with Crippen LogP contribution in [0.25, 0.3) is 22.2 Å². The van der Waals surface area contributed by atoms with Crippen molar-refractivity contribution in [2.24, 2.45) is 7.05 Å². The number of hydrogen-bond acceptors (Lipinski definition) is 9. The van der Waals surface area contributed by atoms with E-state index in [1.807, 2.05) is 20.8 Å². The van der Waals surface area contributed by atoms with Crippen molar-refractivity contribution in [3.05, 3.63) is 38.7 Å². The molecule has 3 heterocycles. The van der Waals surface area contributed by atoms with Crippen LogP contribution < -0.4 is 25.7 Å². The van der Waals surface area contributed by atoms with Crippen LogP contribution in [0, 0.1) is 0 Å². The second kappa shape index (κ2) is 11.1. The van der Waals surface area contributed by atoms with E-state index in [2.05, 4.69) is 20.6 Å². The lowest BCUT2D eigenvalue weighted by Gasteiger charge is -2.25. The predicted molar refractivity (Wildman–Crippen MR) is 151 cm³/mol. The van der Waals surface area contributed by atoms with Gasteiger partial charge in [0.2, 0.25) is 5.95 Å². The van der Waals surface area contributed by atoms with Gasteiger partial charge in [0.15, 0.2) is 0 Å². The number of aromatic nitrogens is 3. The van der Waals surface area contributed by atoms with Gasteiger partial charge < -0.3 is 24.8 Å². The first kappa shape index (κ1) is 28.1. The first-order chi connectivity index (χ1) is 17.9. The molecule has 0 aliphatic carbocycles. The molecule has 38 heavy (non-hydrogen) atoms. The molecule has 2 atom stereocenters. The normalized spacial score (nSPS) is 17.4. The number of carbonyl (C=O) groups is 1. The highest BCUT2D eigenvalue weighted by molar-refractivity contribution is 7.99. The van der Waals surface area contributed by atoms with E-state index in [1.165, 1.54) is 18.8 Å². The van der Waals surface area contributed by atoms with Crippen molar-refractivity contribution in [1.82, 2.24) is 19.9 Å². The molecule has 1 aromatic carbocycles. The number of aryl methyl sites for hydroxylation is 1. The SMILES string of the molecule is COc1cc(OC)c(Cl)c(-c2cc3cnc(NC4CSCC4NC(=O)OC(C)(C)C)nc3n(C)c2=O)c1Cl. The zero-order chi connectivity index (χ0) is 27.8. The Morgan fingerprint density at radius 2 is 1.74 bits per heavy atom. The van der Waals surface area contributed by atoms with Gasteiger partial charge in [0.25, 0.3) is 5.56 Å². The minimum Gasteiger partial charge on any atom is -0.495 e. The molecule has 1 amide bonds. The monoisotopic (exact) mass is 581 g/mol. The van der Waals surface area contributed by atoms with E-state index in [9.17, 15) is 9.59 Å². The summed E-state index contributed by atoms with van der Waals surface area (Å²) in [6, 6.07) is 2.91. The first-order valence-corrected chi connectivity index (χ1v) is 13.7. The Bertz CT molecular complexity index is 1410. The van der Waals surface area contributed by atoms with Crippen molar-refractivity contribution in [3.63, 3.8) is 0 Å². The molecule has 4 rings (SSSR count). The molecule has 1 aliphatic rings. The zero-order valence-electron chi connectivity index (χ0n) is 21.8. The van der Waals surface area contributed by atoms with E-state index in [4.69, 9.17) is 37.4 Å². The molecule has 1 saturated heterocycles. The lowest BCUT2D eigenvalue weighted by atomic mass is 10.0. The standard InChI is InChI=1S/C25H29Cl2N5O5S/c1-25(2,3)37-24(34)30-15-11-38-10-14(15)29-23-28-9-12-7-13(22(33)32(4)21(12)31-23)18-19(26)16(35-5)8-17(36-6)20(18)27/h7-9,14-15H,10-11H2,1-6H3,(H,30,34)(H,28,29,31). The highest BCUT2D eigenvalue weighted by Gasteiger charge is 2.31. The molecule has 1 aliphatic heterocycles. The maximum Gasteiger partial charge on any atom is 0.407 e. The molecule has 2 N–H and O–H groups in total. The van der Waals surface area contributed by atoms with Crippen LogP contribution in [0.15, 0.2) is 23.1 Å². The van der Waals surface area contributed by atoms with Gasteiger partial charge in [-0.1, -0.05) is 23.2 Å². The smallest absolute Gasteiger partial charge is 0.407 e. The third-order valence-electron chi connectivity index (χ3n) is 5.89. The largest absolute Gasteiger partial charge is 0.495 e. The average molecular weight is 583 g/mol. The van der Waals surface area contributed by atoms with E-state index in [0.29, 0.717) is 34.0 Å². The highest BCUT2D eigenvalue weighted by atomic mass is 35.5. The van der Waals surface area contributed by atoms with Crippen molar-refractivity contribution in [2.45, 2.75) is 38.5 Å². The molecule has 13 heteroatoms. The summed E-state index contributed by atoms with van der Waals surface area (Å²) in [6.07, 6.45) is 1.14. The molecule has 0 bridgehead atoms. The number of nitrogens with one attached hydrogen (secondary N) is 2. The molecule has 0 saturated carbocycles. The van der Waals surface area contributed by atoms with Crippen LogP contribution in [0.1, 0.15) is 20.8 Å². The fourth-order valence-electron chi connectivity index (χ4n) is 4.08. The van der Waals surface area contributed by atoms with E-state index in [0.717, 1.165) is 11.5 Å². The minimum atomic E-state index is -0.589. The molecule has 1 fully saturated rings. The second-order valence-electron chi connectivity index (χ2n) is 9.72. The van der Waals surface area contributed by atoms with Crippen molar-refractivity contribution >= 4 is 58.0 Å². The molecule has 204 valence electrons. The number of thioether (sulfide) groups is 1. The summed E-state index contributed by atoms with van der Waals surface area (Å²) in [6.45, 7) is 5.45. The van der Waals surface area contributed by atoms with Crippen LogP contribution in [-0.2, 0) is 11.8 Å². The van der Waals surface area contributed by atoms with E-state index >= 15 is 0 Å². The number of carbonyl (C=O) groups excluding carboxylic acids is 1. The Morgan fingerprint density at radius 3 is 2.34 bits per heavy atom. The first-order valence-electron chi connectivity index (χ1n) is 11.7. The van der Waals surface area contributed by atoms with Gasteiger partial charge in [0, 0.05) is 41.8 Å². The number of nitrogens with zero attached hydrogens (tertiary/aromatic N) is 3. The Kier molecular flexibility index (Phi) is 8.20. The van der Waals surface area contributed by atoms with Gasteiger partial charge in [-0.15, -0.1) is 0 Å². The number of amides is 1. The van der Waals surface area contributed by atoms with Crippen molar-refractivity contribution in [2.75, 3.05) is 31.0 Å². The Labute approximate surface area is 234 Å². The zero-order valence-corrected chi connectivity index (χ0v) is 24.2. The van der Waals surface area contributed by atoms with E-state index in [1.54, 1.807) is 37.1 Å². The summed E-state index contributed by atoms with van der Waals surface area (Å²) in [7, 11) is 4.55. The number of anilines is 1. The number of hydrogen-bond donors (Lipinski definition) is 2. The Morgan fingerprint density at radius 1 is 1.11 bits per heavy atom. The van der Waals surface area contributed by atoms with Gasteiger partial charge in [-0.2, -0.15) is 16.7 Å². The van der Waals surface area contributed by atoms with Crippen LogP contribution in [0.5, 0.6) is 11.5 Å². The third kappa shape index (κ3) is 5.74. The molecular weight excluding hydrogens is 553 g/mol. The fourth-order valence-corrected chi connectivity index (χ4v) is 6.06. The Balaban J connectivity index is 1.66. The Hall–Kier alpha value is -2.89. The number of halogens is 2. The quantitative estimate of drug-likeness (QED) is 0.425. The van der Waals surface area contributed by atoms with E-state index in [-0.39, 0.29) is 33.3 Å². The summed E-state index contributed by atoms with van der Waals surface area (Å²) in [4.78, 5) is 34.8. The maximum atomic E-state index is 13.4. The fraction of sp³-hybridized carbons (Fsp3) is 0.440. The van der Waals surface area contributed by atoms with Crippen LogP contribution >= 0.6 is 35.0 Å². The predicted octanol–water partition coefficient (Wildman–Crippen LogP) is 4.74. The molecule has 3 aromatic rings. The van der Waals surface area contributed by atoms with Crippen LogP contribution in [0.2, 0.25) is 10.0 Å². The molecule has 2 aromatic heterocycles. The highest BCUT2D eigenvalue weighted by Crippen LogP contribution is 2.45. The number of alkyl carbamates (subject to hydrolysis) is 1. The maximum absolute atomic E-state index is 13.4. The number of fused-ring (bicyclic) bond motifs is 1. The third-order valence-corrected chi connectivity index (χ3v) is 7.83. The number of benzene rings is 1. The van der Waals surface area contributed by atoms with Crippen molar-refractivity contribution in [1.29, 1.82) is 0 Å². The van der Waals surface area contributed by atoms with Gasteiger partial charge in [0.1, 0.15) is 22.7 Å². The molecule has 0 spiro atoms. The van der Waals surface area contributed by atoms with Crippen molar-refractivity contribution in [3.8, 4) is 22.6 Å². The lowest BCUT2D eigenvalue weighted by Crippen LogP contribution is -2.47. The van der Waals surface area contributed by atoms with Crippen molar-refractivity contribution < 1.29 is 19.0 Å².